The molecular formula is C13H13ClN3+. The number of nitrogens with one attached hydrogen (secondary N) is 2. The summed E-state index contributed by atoms with van der Waals surface area (Å²) < 4.78 is 0. The summed E-state index contributed by atoms with van der Waals surface area (Å²) in [4.78, 5) is 7.22. The highest BCUT2D eigenvalue weighted by Crippen LogP contribution is 2.14. The average Bonchev–Trinajstić information content (AvgIpc) is 2.39. The third-order valence-electron chi connectivity index (χ3n) is 2.32. The highest BCUT2D eigenvalue weighted by atomic mass is 35.5. The first kappa shape index (κ1) is 11.6. The summed E-state index contributed by atoms with van der Waals surface area (Å²) in [6, 6.07) is 11.5. The first-order valence-electron chi connectivity index (χ1n) is 5.25. The van der Waals surface area contributed by atoms with Crippen LogP contribution in [0.5, 0.6) is 0 Å². The molecule has 3 nitrogen and oxygen atoms in total. The molecule has 0 fully saturated rings. The minimum Gasteiger partial charge on any atom is -0.340 e. The number of anilines is 1. The van der Waals surface area contributed by atoms with Gasteiger partial charge in [0.15, 0.2) is 12.4 Å². The van der Waals surface area contributed by atoms with Gasteiger partial charge in [0.05, 0.1) is 0 Å². The highest BCUT2D eigenvalue weighted by molar-refractivity contribution is 6.30. The van der Waals surface area contributed by atoms with Gasteiger partial charge in [0.1, 0.15) is 5.84 Å². The van der Waals surface area contributed by atoms with Crippen LogP contribution in [-0.2, 0) is 0 Å². The lowest BCUT2D eigenvalue weighted by Crippen LogP contribution is -2.14. The number of rotatable bonds is 2. The van der Waals surface area contributed by atoms with Crippen molar-refractivity contribution in [3.63, 3.8) is 0 Å². The van der Waals surface area contributed by atoms with Gasteiger partial charge in [-0.2, -0.15) is 0 Å². The zero-order chi connectivity index (χ0) is 12.1. The van der Waals surface area contributed by atoms with Crippen LogP contribution in [0.1, 0.15) is 5.56 Å². The van der Waals surface area contributed by atoms with Gasteiger partial charge >= 0.3 is 0 Å². The van der Waals surface area contributed by atoms with Crippen LogP contribution in [0.25, 0.3) is 0 Å². The summed E-state index contributed by atoms with van der Waals surface area (Å²) in [6.45, 7) is 0. The maximum atomic E-state index is 5.84. The van der Waals surface area contributed by atoms with Gasteiger partial charge in [-0.05, 0) is 24.3 Å². The molecule has 1 heterocycles. The Morgan fingerprint density at radius 1 is 1.12 bits per heavy atom. The molecule has 0 aliphatic carbocycles. The van der Waals surface area contributed by atoms with Crippen molar-refractivity contribution in [2.45, 2.75) is 0 Å². The van der Waals surface area contributed by atoms with E-state index < -0.39 is 0 Å². The number of aromatic amines is 1. The van der Waals surface area contributed by atoms with Crippen LogP contribution in [0, 0.1) is 0 Å². The molecule has 1 aromatic carbocycles. The summed E-state index contributed by atoms with van der Waals surface area (Å²) in [5, 5.41) is 3.97. The van der Waals surface area contributed by atoms with E-state index in [1.165, 1.54) is 0 Å². The number of amidine groups is 1. The number of aromatic nitrogens is 1. The van der Waals surface area contributed by atoms with Crippen molar-refractivity contribution in [3.8, 4) is 0 Å². The van der Waals surface area contributed by atoms with E-state index in [1.807, 2.05) is 48.8 Å². The van der Waals surface area contributed by atoms with Crippen molar-refractivity contribution in [2.75, 3.05) is 12.4 Å². The summed E-state index contributed by atoms with van der Waals surface area (Å²) in [5.74, 6) is 0.821. The Hall–Kier alpha value is -1.87. The van der Waals surface area contributed by atoms with E-state index >= 15 is 0 Å². The third kappa shape index (κ3) is 3.04. The molecule has 0 aliphatic rings. The Morgan fingerprint density at radius 3 is 2.35 bits per heavy atom. The standard InChI is InChI=1S/C13H12ClN3/c1-15-13(10-6-8-16-9-7-10)17-12-4-2-11(14)3-5-12/h2-9H,1H3,(H,15,17)/p+1. The Labute approximate surface area is 105 Å². The molecule has 2 rings (SSSR count). The zero-order valence-electron chi connectivity index (χ0n) is 9.44. The van der Waals surface area contributed by atoms with Crippen LogP contribution in [0.2, 0.25) is 5.02 Å². The van der Waals surface area contributed by atoms with Crippen LogP contribution in [0.15, 0.2) is 53.8 Å². The highest BCUT2D eigenvalue weighted by Gasteiger charge is 2.03. The fourth-order valence-electron chi connectivity index (χ4n) is 1.47. The summed E-state index contributed by atoms with van der Waals surface area (Å²) in [6.07, 6.45) is 3.73. The van der Waals surface area contributed by atoms with Gasteiger partial charge in [-0.1, -0.05) is 11.6 Å². The molecule has 0 saturated heterocycles. The molecule has 2 aromatic rings. The average molecular weight is 247 g/mol. The first-order chi connectivity index (χ1) is 8.29. The predicted molar refractivity (Wildman–Crippen MR) is 70.5 cm³/mol. The number of H-pyrrole nitrogens is 1. The second-order valence-corrected chi connectivity index (χ2v) is 3.93. The zero-order valence-corrected chi connectivity index (χ0v) is 10.2. The molecule has 0 aliphatic heterocycles. The molecule has 0 atom stereocenters. The Kier molecular flexibility index (Phi) is 3.73. The number of hydrogen-bond donors (Lipinski definition) is 1. The third-order valence-corrected chi connectivity index (χ3v) is 2.57. The summed E-state index contributed by atoms with van der Waals surface area (Å²) in [7, 11) is 1.76. The lowest BCUT2D eigenvalue weighted by Gasteiger charge is -2.08. The van der Waals surface area contributed by atoms with Crippen LogP contribution < -0.4 is 10.3 Å². The van der Waals surface area contributed by atoms with Gasteiger partial charge in [0.2, 0.25) is 0 Å². The maximum absolute atomic E-state index is 5.84. The summed E-state index contributed by atoms with van der Waals surface area (Å²) >= 11 is 5.84. The van der Waals surface area contributed by atoms with Gasteiger partial charge in [0, 0.05) is 35.5 Å². The number of aliphatic imine (C=N–C) groups is 1. The van der Waals surface area contributed by atoms with E-state index in [4.69, 9.17) is 11.6 Å². The normalized spacial score (nSPS) is 11.3. The molecule has 0 radical (unpaired) electrons. The molecule has 0 unspecified atom stereocenters. The molecule has 0 saturated carbocycles. The SMILES string of the molecule is CN=C(Nc1ccc(Cl)cc1)c1cc[nH+]cc1. The lowest BCUT2D eigenvalue weighted by atomic mass is 10.2. The van der Waals surface area contributed by atoms with Gasteiger partial charge in [-0.15, -0.1) is 0 Å². The number of benzene rings is 1. The Bertz CT molecular complexity index is 506. The molecule has 0 bridgehead atoms. The van der Waals surface area contributed by atoms with E-state index in [0.717, 1.165) is 22.1 Å². The van der Waals surface area contributed by atoms with Gasteiger partial charge in [0.25, 0.3) is 0 Å². The fraction of sp³-hybridized carbons (Fsp3) is 0.0769. The minimum atomic E-state index is 0.722. The molecule has 4 heteroatoms. The van der Waals surface area contributed by atoms with E-state index in [9.17, 15) is 0 Å². The second-order valence-electron chi connectivity index (χ2n) is 3.49. The lowest BCUT2D eigenvalue weighted by molar-refractivity contribution is -0.378. The van der Waals surface area contributed by atoms with Crippen LogP contribution in [0.4, 0.5) is 5.69 Å². The molecule has 17 heavy (non-hydrogen) atoms. The maximum Gasteiger partial charge on any atom is 0.167 e. The second kappa shape index (κ2) is 5.46. The molecule has 0 spiro atoms. The van der Waals surface area contributed by atoms with Crippen molar-refractivity contribution in [3.05, 3.63) is 59.4 Å². The van der Waals surface area contributed by atoms with Gasteiger partial charge in [-0.25, -0.2) is 4.98 Å². The van der Waals surface area contributed by atoms with Crippen molar-refractivity contribution < 1.29 is 4.98 Å². The van der Waals surface area contributed by atoms with Crippen molar-refractivity contribution >= 4 is 23.1 Å². The minimum absolute atomic E-state index is 0.722. The van der Waals surface area contributed by atoms with Crippen LogP contribution in [-0.4, -0.2) is 12.9 Å². The monoisotopic (exact) mass is 246 g/mol. The molecule has 86 valence electrons. The first-order valence-corrected chi connectivity index (χ1v) is 5.63. The van der Waals surface area contributed by atoms with E-state index in [2.05, 4.69) is 15.3 Å². The molecule has 1 aromatic heterocycles. The smallest absolute Gasteiger partial charge is 0.167 e. The number of hydrogen-bond acceptors (Lipinski definition) is 1. The largest absolute Gasteiger partial charge is 0.340 e. The fourth-order valence-corrected chi connectivity index (χ4v) is 1.60. The van der Waals surface area contributed by atoms with Crippen molar-refractivity contribution in [1.82, 2.24) is 0 Å². The summed E-state index contributed by atoms with van der Waals surface area (Å²) in [5.41, 5.74) is 1.99. The molecule has 2 N–H and O–H groups in total. The predicted octanol–water partition coefficient (Wildman–Crippen LogP) is 2.64. The molecular weight excluding hydrogens is 234 g/mol. The van der Waals surface area contributed by atoms with E-state index in [-0.39, 0.29) is 0 Å². The van der Waals surface area contributed by atoms with Crippen LogP contribution in [0.3, 0.4) is 0 Å². The topological polar surface area (TPSA) is 38.5 Å². The quantitative estimate of drug-likeness (QED) is 0.642. The Morgan fingerprint density at radius 2 is 1.76 bits per heavy atom. The van der Waals surface area contributed by atoms with E-state index in [0.29, 0.717) is 0 Å². The van der Waals surface area contributed by atoms with Crippen molar-refractivity contribution in [2.24, 2.45) is 4.99 Å². The van der Waals surface area contributed by atoms with E-state index in [1.54, 1.807) is 7.05 Å². The Balaban J connectivity index is 2.19. The van der Waals surface area contributed by atoms with Crippen LogP contribution >= 0.6 is 11.6 Å². The van der Waals surface area contributed by atoms with Gasteiger partial charge < -0.3 is 5.32 Å². The molecule has 0 amide bonds. The number of halogens is 1. The van der Waals surface area contributed by atoms with Crippen molar-refractivity contribution in [1.29, 1.82) is 0 Å². The van der Waals surface area contributed by atoms with Gasteiger partial charge in [-0.3, -0.25) is 4.99 Å². The number of pyridine rings is 1. The number of nitrogens with zero attached hydrogens (tertiary/aromatic N) is 1.